The number of allylic oxidation sites excluding steroid dienone is 2. The summed E-state index contributed by atoms with van der Waals surface area (Å²) in [7, 11) is 0. The van der Waals surface area contributed by atoms with Crippen molar-refractivity contribution < 1.29 is 0 Å². The van der Waals surface area contributed by atoms with E-state index in [1.807, 2.05) is 12.3 Å². The van der Waals surface area contributed by atoms with Gasteiger partial charge in [0.05, 0.1) is 5.03 Å². The first-order valence-corrected chi connectivity index (χ1v) is 5.50. The highest BCUT2D eigenvalue weighted by Gasteiger charge is 2.27. The molecule has 3 heterocycles. The summed E-state index contributed by atoms with van der Waals surface area (Å²) in [5.41, 5.74) is 7.57. The lowest BCUT2D eigenvalue weighted by atomic mass is 10.0. The van der Waals surface area contributed by atoms with Crippen LogP contribution in [0.1, 0.15) is 5.82 Å². The molecule has 1 aromatic heterocycles. The van der Waals surface area contributed by atoms with E-state index >= 15 is 0 Å². The third kappa shape index (κ3) is 1.74. The highest BCUT2D eigenvalue weighted by atomic mass is 35.5. The monoisotopic (exact) mass is 247 g/mol. The first-order chi connectivity index (χ1) is 8.24. The minimum Gasteiger partial charge on any atom is -0.384 e. The maximum atomic E-state index is 5.97. The van der Waals surface area contributed by atoms with Gasteiger partial charge in [-0.15, -0.1) is 0 Å². The van der Waals surface area contributed by atoms with Crippen molar-refractivity contribution in [3.05, 3.63) is 47.2 Å². The van der Waals surface area contributed by atoms with Gasteiger partial charge in [0.2, 0.25) is 0 Å². The van der Waals surface area contributed by atoms with Gasteiger partial charge >= 0.3 is 0 Å². The molecule has 2 aliphatic heterocycles. The Morgan fingerprint density at radius 2 is 2.12 bits per heavy atom. The van der Waals surface area contributed by atoms with Gasteiger partial charge in [0.25, 0.3) is 0 Å². The molecule has 0 amide bonds. The van der Waals surface area contributed by atoms with E-state index in [1.165, 1.54) is 0 Å². The van der Waals surface area contributed by atoms with Crippen LogP contribution in [-0.4, -0.2) is 16.1 Å². The number of anilines is 1. The van der Waals surface area contributed by atoms with Gasteiger partial charge in [-0.3, -0.25) is 0 Å². The molecule has 4 N–H and O–H groups in total. The molecule has 0 spiro atoms. The Labute approximate surface area is 103 Å². The molecule has 0 saturated carbocycles. The van der Waals surface area contributed by atoms with Crippen molar-refractivity contribution in [2.75, 3.05) is 5.73 Å². The Morgan fingerprint density at radius 3 is 2.94 bits per heavy atom. The van der Waals surface area contributed by atoms with Gasteiger partial charge < -0.3 is 16.4 Å². The normalized spacial score (nSPS) is 21.7. The second kappa shape index (κ2) is 3.78. The fourth-order valence-corrected chi connectivity index (χ4v) is 2.02. The van der Waals surface area contributed by atoms with E-state index in [0.717, 1.165) is 11.1 Å². The number of hydrogen-bond acceptors (Lipinski definition) is 5. The molecule has 5 nitrogen and oxygen atoms in total. The van der Waals surface area contributed by atoms with E-state index in [2.05, 4.69) is 20.6 Å². The Bertz CT molecular complexity index is 561. The summed E-state index contributed by atoms with van der Waals surface area (Å²) in [6.07, 6.45) is 7.17. The highest BCUT2D eigenvalue weighted by molar-refractivity contribution is 6.31. The average molecular weight is 248 g/mol. The van der Waals surface area contributed by atoms with Crippen LogP contribution in [0.3, 0.4) is 0 Å². The van der Waals surface area contributed by atoms with E-state index in [4.69, 9.17) is 17.3 Å². The van der Waals surface area contributed by atoms with Crippen LogP contribution in [0.4, 0.5) is 5.82 Å². The number of dihydropyridines is 1. The summed E-state index contributed by atoms with van der Waals surface area (Å²) in [5.74, 6) is 1.05. The molecule has 1 atom stereocenters. The fourth-order valence-electron chi connectivity index (χ4n) is 1.84. The molecule has 0 saturated heterocycles. The van der Waals surface area contributed by atoms with Crippen molar-refractivity contribution in [3.8, 4) is 0 Å². The molecule has 2 aliphatic rings. The maximum absolute atomic E-state index is 5.97. The first-order valence-electron chi connectivity index (χ1n) is 5.13. The zero-order valence-electron chi connectivity index (χ0n) is 8.81. The number of aromatic nitrogens is 2. The minimum atomic E-state index is 0.0255. The number of nitrogens with zero attached hydrogens (tertiary/aromatic N) is 2. The first kappa shape index (κ1) is 10.2. The van der Waals surface area contributed by atoms with Gasteiger partial charge in [-0.1, -0.05) is 11.6 Å². The third-order valence-corrected chi connectivity index (χ3v) is 2.83. The average Bonchev–Trinajstić information content (AvgIpc) is 2.71. The summed E-state index contributed by atoms with van der Waals surface area (Å²) in [6.45, 7) is 0. The molecule has 0 aliphatic carbocycles. The molecule has 0 radical (unpaired) electrons. The number of nitrogens with two attached hydrogens (primary N) is 1. The number of rotatable bonds is 1. The Hall–Kier alpha value is -2.01. The van der Waals surface area contributed by atoms with Crippen molar-refractivity contribution in [1.82, 2.24) is 20.6 Å². The largest absolute Gasteiger partial charge is 0.384 e. The van der Waals surface area contributed by atoms with Gasteiger partial charge in [-0.2, -0.15) is 0 Å². The summed E-state index contributed by atoms with van der Waals surface area (Å²) >= 11 is 5.97. The van der Waals surface area contributed by atoms with Crippen molar-refractivity contribution >= 4 is 23.0 Å². The van der Waals surface area contributed by atoms with Crippen LogP contribution in [0, 0.1) is 0 Å². The van der Waals surface area contributed by atoms with E-state index in [1.54, 1.807) is 18.5 Å². The van der Waals surface area contributed by atoms with Crippen molar-refractivity contribution in [2.24, 2.45) is 0 Å². The predicted octanol–water partition coefficient (Wildman–Crippen LogP) is 0.939. The van der Waals surface area contributed by atoms with Crippen LogP contribution in [0.5, 0.6) is 0 Å². The fraction of sp³-hybridized carbons (Fsp3) is 0.0909. The lowest BCUT2D eigenvalue weighted by molar-refractivity contribution is 0.633. The zero-order valence-corrected chi connectivity index (χ0v) is 9.57. The molecule has 1 unspecified atom stereocenters. The number of fused-ring (bicyclic) bond motifs is 1. The molecule has 17 heavy (non-hydrogen) atoms. The van der Waals surface area contributed by atoms with Crippen molar-refractivity contribution in [2.45, 2.75) is 6.17 Å². The highest BCUT2D eigenvalue weighted by Crippen LogP contribution is 2.30. The standard InChI is InChI=1S/C11H10ClN5/c12-6-3-7-8(5-16-10(7)15-4-6)11-14-2-1-9(13)17-11/h1-5,10,15-16H,(H2,13,14,17). The SMILES string of the molecule is Nc1ccnc(C2=CNC3NC=C(Cl)C=C23)n1. The summed E-state index contributed by atoms with van der Waals surface area (Å²) in [6, 6.07) is 1.66. The van der Waals surface area contributed by atoms with E-state index in [-0.39, 0.29) is 6.17 Å². The molecule has 0 aromatic carbocycles. The Balaban J connectivity index is 2.02. The van der Waals surface area contributed by atoms with Gasteiger partial charge in [-0.05, 0) is 12.1 Å². The third-order valence-electron chi connectivity index (χ3n) is 2.62. The predicted molar refractivity (Wildman–Crippen MR) is 66.5 cm³/mol. The lowest BCUT2D eigenvalue weighted by Gasteiger charge is -2.19. The smallest absolute Gasteiger partial charge is 0.163 e. The topological polar surface area (TPSA) is 75.9 Å². The van der Waals surface area contributed by atoms with Crippen LogP contribution in [0.25, 0.3) is 5.57 Å². The van der Waals surface area contributed by atoms with Crippen LogP contribution in [0.15, 0.2) is 41.3 Å². The zero-order chi connectivity index (χ0) is 11.8. The van der Waals surface area contributed by atoms with E-state index < -0.39 is 0 Å². The number of nitrogen functional groups attached to an aromatic ring is 1. The molecule has 6 heteroatoms. The number of halogens is 1. The van der Waals surface area contributed by atoms with Crippen LogP contribution < -0.4 is 16.4 Å². The summed E-state index contributed by atoms with van der Waals surface area (Å²) < 4.78 is 0. The van der Waals surface area contributed by atoms with Gasteiger partial charge in [-0.25, -0.2) is 9.97 Å². The summed E-state index contributed by atoms with van der Waals surface area (Å²) in [5, 5.41) is 6.96. The second-order valence-electron chi connectivity index (χ2n) is 3.76. The van der Waals surface area contributed by atoms with Crippen LogP contribution in [-0.2, 0) is 0 Å². The van der Waals surface area contributed by atoms with Gasteiger partial charge in [0.15, 0.2) is 5.82 Å². The second-order valence-corrected chi connectivity index (χ2v) is 4.19. The molecular formula is C11H10ClN5. The Kier molecular flexibility index (Phi) is 2.26. The van der Waals surface area contributed by atoms with E-state index in [9.17, 15) is 0 Å². The number of nitrogens with one attached hydrogen (secondary N) is 2. The van der Waals surface area contributed by atoms with Crippen LogP contribution >= 0.6 is 11.6 Å². The Morgan fingerprint density at radius 1 is 1.29 bits per heavy atom. The molecule has 0 bridgehead atoms. The van der Waals surface area contributed by atoms with Gasteiger partial charge in [0.1, 0.15) is 12.0 Å². The van der Waals surface area contributed by atoms with E-state index in [0.29, 0.717) is 16.7 Å². The number of hydrogen-bond donors (Lipinski definition) is 3. The van der Waals surface area contributed by atoms with Gasteiger partial charge in [0, 0.05) is 29.7 Å². The molecule has 3 rings (SSSR count). The molecular weight excluding hydrogens is 238 g/mol. The maximum Gasteiger partial charge on any atom is 0.163 e. The minimum absolute atomic E-state index is 0.0255. The summed E-state index contributed by atoms with van der Waals surface area (Å²) in [4.78, 5) is 8.41. The quantitative estimate of drug-likeness (QED) is 0.689. The van der Waals surface area contributed by atoms with Crippen LogP contribution in [0.2, 0.25) is 0 Å². The lowest BCUT2D eigenvalue weighted by Crippen LogP contribution is -2.36. The molecule has 1 aromatic rings. The van der Waals surface area contributed by atoms with Crippen molar-refractivity contribution in [3.63, 3.8) is 0 Å². The molecule has 0 fully saturated rings. The van der Waals surface area contributed by atoms with Crippen molar-refractivity contribution in [1.29, 1.82) is 0 Å². The molecule has 86 valence electrons.